The number of likely N-dealkylation sites (N-methyl/N-ethyl adjacent to an activating group) is 1. The van der Waals surface area contributed by atoms with E-state index in [2.05, 4.69) is 27.2 Å². The van der Waals surface area contributed by atoms with Gasteiger partial charge in [-0.3, -0.25) is 4.99 Å². The maximum Gasteiger partial charge on any atom is 0.193 e. The van der Waals surface area contributed by atoms with E-state index in [1.54, 1.807) is 0 Å². The molecule has 0 radical (unpaired) electrons. The van der Waals surface area contributed by atoms with Crippen LogP contribution in [0.3, 0.4) is 0 Å². The molecule has 1 N–H and O–H groups in total. The van der Waals surface area contributed by atoms with E-state index >= 15 is 0 Å². The summed E-state index contributed by atoms with van der Waals surface area (Å²) in [4.78, 5) is 9.23. The molecular formula is C15H29IN4O. The first-order valence-corrected chi connectivity index (χ1v) is 7.97. The van der Waals surface area contributed by atoms with Crippen LogP contribution < -0.4 is 5.32 Å². The van der Waals surface area contributed by atoms with Crippen LogP contribution >= 0.6 is 24.0 Å². The minimum atomic E-state index is 0. The van der Waals surface area contributed by atoms with Crippen LogP contribution in [0.2, 0.25) is 0 Å². The minimum Gasteiger partial charge on any atom is -0.374 e. The molecule has 2 aliphatic heterocycles. The second-order valence-corrected chi connectivity index (χ2v) is 6.71. The van der Waals surface area contributed by atoms with Gasteiger partial charge in [-0.1, -0.05) is 6.42 Å². The lowest BCUT2D eigenvalue weighted by Gasteiger charge is -2.38. The highest BCUT2D eigenvalue weighted by molar-refractivity contribution is 14.0. The van der Waals surface area contributed by atoms with Crippen molar-refractivity contribution in [2.24, 2.45) is 10.4 Å². The van der Waals surface area contributed by atoms with Gasteiger partial charge < -0.3 is 19.9 Å². The third-order valence-corrected chi connectivity index (χ3v) is 5.19. The third-order valence-electron chi connectivity index (χ3n) is 5.19. The van der Waals surface area contributed by atoms with Crippen LogP contribution in [-0.2, 0) is 4.74 Å². The van der Waals surface area contributed by atoms with Gasteiger partial charge in [-0.2, -0.15) is 0 Å². The molecule has 0 amide bonds. The van der Waals surface area contributed by atoms with Gasteiger partial charge in [0.2, 0.25) is 0 Å². The fraction of sp³-hybridized carbons (Fsp3) is 0.933. The SMILES string of the molecule is CN=C(NCC1CN(C)CCO1)N1CCC2(CCC2)C1.I. The third kappa shape index (κ3) is 4.01. The standard InChI is InChI=1S/C15H28N4O.HI/c1-16-14(17-10-13-11-18(2)8-9-20-13)19-7-6-15(12-19)4-3-5-15;/h13H,3-12H2,1-2H3,(H,16,17);1H. The molecule has 6 heteroatoms. The van der Waals surface area contributed by atoms with Crippen LogP contribution in [0.15, 0.2) is 4.99 Å². The lowest BCUT2D eigenvalue weighted by Crippen LogP contribution is -2.49. The number of aliphatic imine (C=N–C) groups is 1. The summed E-state index contributed by atoms with van der Waals surface area (Å²) in [6.07, 6.45) is 5.87. The van der Waals surface area contributed by atoms with Crippen molar-refractivity contribution in [3.8, 4) is 0 Å². The molecular weight excluding hydrogens is 379 g/mol. The molecule has 0 aromatic heterocycles. The van der Waals surface area contributed by atoms with E-state index in [1.165, 1.54) is 32.2 Å². The maximum absolute atomic E-state index is 5.80. The lowest BCUT2D eigenvalue weighted by atomic mass is 9.68. The summed E-state index contributed by atoms with van der Waals surface area (Å²) < 4.78 is 5.80. The number of hydrogen-bond acceptors (Lipinski definition) is 3. The Morgan fingerprint density at radius 2 is 2.14 bits per heavy atom. The fourth-order valence-corrected chi connectivity index (χ4v) is 3.73. The van der Waals surface area contributed by atoms with Crippen LogP contribution in [0.5, 0.6) is 0 Å². The van der Waals surface area contributed by atoms with Crippen molar-refractivity contribution >= 4 is 29.9 Å². The molecule has 3 aliphatic rings. The van der Waals surface area contributed by atoms with Gasteiger partial charge in [-0.25, -0.2) is 0 Å². The van der Waals surface area contributed by atoms with Gasteiger partial charge in [0.05, 0.1) is 12.7 Å². The van der Waals surface area contributed by atoms with Gasteiger partial charge in [0.15, 0.2) is 5.96 Å². The molecule has 1 aliphatic carbocycles. The number of hydrogen-bond donors (Lipinski definition) is 1. The molecule has 2 saturated heterocycles. The summed E-state index contributed by atoms with van der Waals surface area (Å²) >= 11 is 0. The molecule has 5 nitrogen and oxygen atoms in total. The molecule has 2 heterocycles. The molecule has 1 spiro atoms. The van der Waals surface area contributed by atoms with E-state index in [-0.39, 0.29) is 30.1 Å². The first-order valence-electron chi connectivity index (χ1n) is 7.97. The Hall–Kier alpha value is -0.0800. The quantitative estimate of drug-likeness (QED) is 0.426. The van der Waals surface area contributed by atoms with Crippen molar-refractivity contribution in [3.63, 3.8) is 0 Å². The average molecular weight is 408 g/mol. The van der Waals surface area contributed by atoms with Gasteiger partial charge in [-0.05, 0) is 31.7 Å². The van der Waals surface area contributed by atoms with Gasteiger partial charge in [0.25, 0.3) is 0 Å². The van der Waals surface area contributed by atoms with E-state index < -0.39 is 0 Å². The van der Waals surface area contributed by atoms with Gasteiger partial charge in [0.1, 0.15) is 0 Å². The summed E-state index contributed by atoms with van der Waals surface area (Å²) in [5, 5.41) is 3.51. The van der Waals surface area contributed by atoms with Gasteiger partial charge in [0, 0.05) is 39.8 Å². The molecule has 3 fully saturated rings. The number of nitrogens with zero attached hydrogens (tertiary/aromatic N) is 3. The zero-order valence-corrected chi connectivity index (χ0v) is 15.6. The highest BCUT2D eigenvalue weighted by Crippen LogP contribution is 2.47. The molecule has 1 atom stereocenters. The zero-order chi connectivity index (χ0) is 14.0. The van der Waals surface area contributed by atoms with Crippen LogP contribution in [0.25, 0.3) is 0 Å². The second-order valence-electron chi connectivity index (χ2n) is 6.71. The van der Waals surface area contributed by atoms with Crippen molar-refractivity contribution in [2.75, 3.05) is 53.4 Å². The smallest absolute Gasteiger partial charge is 0.193 e. The van der Waals surface area contributed by atoms with Gasteiger partial charge in [-0.15, -0.1) is 24.0 Å². The Morgan fingerprint density at radius 1 is 1.33 bits per heavy atom. The predicted molar refractivity (Wildman–Crippen MR) is 96.5 cm³/mol. The number of nitrogens with one attached hydrogen (secondary N) is 1. The summed E-state index contributed by atoms with van der Waals surface area (Å²) in [7, 11) is 4.05. The van der Waals surface area contributed by atoms with E-state index in [9.17, 15) is 0 Å². The molecule has 21 heavy (non-hydrogen) atoms. The van der Waals surface area contributed by atoms with Crippen molar-refractivity contribution in [3.05, 3.63) is 0 Å². The Balaban J connectivity index is 0.00000161. The zero-order valence-electron chi connectivity index (χ0n) is 13.3. The summed E-state index contributed by atoms with van der Waals surface area (Å²) in [6, 6.07) is 0. The molecule has 0 bridgehead atoms. The molecule has 122 valence electrons. The number of likely N-dealkylation sites (tertiary alicyclic amines) is 1. The summed E-state index contributed by atoms with van der Waals surface area (Å²) in [5.74, 6) is 1.06. The van der Waals surface area contributed by atoms with Crippen LogP contribution in [0.4, 0.5) is 0 Å². The molecule has 1 unspecified atom stereocenters. The number of rotatable bonds is 2. The number of ether oxygens (including phenoxy) is 1. The second kappa shape index (κ2) is 7.46. The number of halogens is 1. The van der Waals surface area contributed by atoms with E-state index in [1.807, 2.05) is 7.05 Å². The molecule has 0 aromatic rings. The highest BCUT2D eigenvalue weighted by atomic mass is 127. The average Bonchev–Trinajstić information content (AvgIpc) is 2.85. The Kier molecular flexibility index (Phi) is 6.14. The first-order chi connectivity index (χ1) is 9.71. The maximum atomic E-state index is 5.80. The number of guanidine groups is 1. The topological polar surface area (TPSA) is 40.1 Å². The van der Waals surface area contributed by atoms with Crippen molar-refractivity contribution in [1.29, 1.82) is 0 Å². The predicted octanol–water partition coefficient (Wildman–Crippen LogP) is 1.39. The van der Waals surface area contributed by atoms with Crippen LogP contribution in [0, 0.1) is 5.41 Å². The Morgan fingerprint density at radius 3 is 2.71 bits per heavy atom. The molecule has 0 aromatic carbocycles. The van der Waals surface area contributed by atoms with Crippen molar-refractivity contribution in [1.82, 2.24) is 15.1 Å². The van der Waals surface area contributed by atoms with Crippen LogP contribution in [0.1, 0.15) is 25.7 Å². The lowest BCUT2D eigenvalue weighted by molar-refractivity contribution is -0.0163. The molecule has 1 saturated carbocycles. The minimum absolute atomic E-state index is 0. The Bertz CT molecular complexity index is 373. The summed E-state index contributed by atoms with van der Waals surface area (Å²) in [5.41, 5.74) is 0.624. The van der Waals surface area contributed by atoms with Crippen molar-refractivity contribution < 1.29 is 4.74 Å². The van der Waals surface area contributed by atoms with E-state index in [4.69, 9.17) is 4.74 Å². The normalized spacial score (nSPS) is 29.1. The number of morpholine rings is 1. The Labute approximate surface area is 145 Å². The highest BCUT2D eigenvalue weighted by Gasteiger charge is 2.43. The van der Waals surface area contributed by atoms with E-state index in [0.717, 1.165) is 38.7 Å². The monoisotopic (exact) mass is 408 g/mol. The van der Waals surface area contributed by atoms with Crippen molar-refractivity contribution in [2.45, 2.75) is 31.8 Å². The van der Waals surface area contributed by atoms with Gasteiger partial charge >= 0.3 is 0 Å². The summed E-state index contributed by atoms with van der Waals surface area (Å²) in [6.45, 7) is 6.10. The van der Waals surface area contributed by atoms with E-state index in [0.29, 0.717) is 5.41 Å². The van der Waals surface area contributed by atoms with Crippen LogP contribution in [-0.4, -0.2) is 75.3 Å². The molecule has 3 rings (SSSR count). The fourth-order valence-electron chi connectivity index (χ4n) is 3.73. The largest absolute Gasteiger partial charge is 0.374 e. The first kappa shape index (κ1) is 17.3.